The molecule has 0 radical (unpaired) electrons. The van der Waals surface area contributed by atoms with Crippen molar-refractivity contribution in [1.82, 2.24) is 14.5 Å². The summed E-state index contributed by atoms with van der Waals surface area (Å²) in [5.41, 5.74) is 8.95. The molecule has 220 valence electrons. The van der Waals surface area contributed by atoms with E-state index in [4.69, 9.17) is 11.8 Å². The Labute approximate surface area is 280 Å². The Hall–Kier alpha value is -6.32. The average Bonchev–Trinajstić information content (AvgIpc) is 3.58. The third-order valence-electron chi connectivity index (χ3n) is 8.79. The smallest absolute Gasteiger partial charge is 0.145 e. The number of hydrogen-bond donors (Lipinski definition) is 0. The van der Waals surface area contributed by atoms with Crippen LogP contribution in [-0.4, -0.2) is 14.5 Å². The van der Waals surface area contributed by atoms with E-state index in [9.17, 15) is 0 Å². The monoisotopic (exact) mass is 604 g/mol. The van der Waals surface area contributed by atoms with Gasteiger partial charge in [0, 0.05) is 23.6 Å². The Bertz CT molecular complexity index is 2760. The zero-order chi connectivity index (χ0) is 35.5. The molecular formula is C44H29N3. The van der Waals surface area contributed by atoms with Gasteiger partial charge in [-0.2, -0.15) is 0 Å². The minimum atomic E-state index is -0.433. The highest BCUT2D eigenvalue weighted by Crippen LogP contribution is 2.44. The van der Waals surface area contributed by atoms with Crippen LogP contribution in [0.25, 0.3) is 83.0 Å². The largest absolute Gasteiger partial charge is 0.292 e. The van der Waals surface area contributed by atoms with Gasteiger partial charge in [0.25, 0.3) is 0 Å². The second-order valence-electron chi connectivity index (χ2n) is 11.5. The number of imidazole rings is 1. The van der Waals surface area contributed by atoms with Crippen LogP contribution in [0.4, 0.5) is 0 Å². The van der Waals surface area contributed by atoms with Crippen molar-refractivity contribution in [3.05, 3.63) is 176 Å². The van der Waals surface area contributed by atoms with E-state index in [2.05, 4.69) is 89.9 Å². The van der Waals surface area contributed by atoms with E-state index >= 15 is 0 Å². The van der Waals surface area contributed by atoms with Crippen LogP contribution in [0.2, 0.25) is 0 Å². The molecule has 9 rings (SSSR count). The van der Waals surface area contributed by atoms with Gasteiger partial charge in [0.15, 0.2) is 0 Å². The van der Waals surface area contributed by atoms with Crippen LogP contribution in [0.15, 0.2) is 176 Å². The summed E-state index contributed by atoms with van der Waals surface area (Å²) in [6, 6.07) is 43.8. The molecule has 3 heteroatoms. The molecule has 0 unspecified atom stereocenters. The summed E-state index contributed by atoms with van der Waals surface area (Å²) < 4.78 is 44.1. The number of hydrogen-bond acceptors (Lipinski definition) is 2. The predicted octanol–water partition coefficient (Wildman–Crippen LogP) is 11.4. The number of nitrogens with zero attached hydrogens (tertiary/aromatic N) is 3. The summed E-state index contributed by atoms with van der Waals surface area (Å²) in [6.07, 6.45) is 3.64. The Kier molecular flexibility index (Phi) is 5.32. The van der Waals surface area contributed by atoms with E-state index in [0.717, 1.165) is 60.6 Å². The molecule has 0 aliphatic heterocycles. The first kappa shape index (κ1) is 22.2. The van der Waals surface area contributed by atoms with Crippen LogP contribution in [0.1, 0.15) is 6.85 Å². The molecule has 7 aromatic carbocycles. The van der Waals surface area contributed by atoms with Crippen molar-refractivity contribution in [3.8, 4) is 50.5 Å². The van der Waals surface area contributed by atoms with Crippen molar-refractivity contribution in [1.29, 1.82) is 0 Å². The first-order chi connectivity index (χ1) is 25.4. The minimum absolute atomic E-state index is 0.0619. The van der Waals surface area contributed by atoms with E-state index in [0.29, 0.717) is 11.3 Å². The number of fused-ring (bicyclic) bond motifs is 3. The third kappa shape index (κ3) is 4.60. The van der Waals surface area contributed by atoms with E-state index in [1.165, 1.54) is 5.56 Å². The van der Waals surface area contributed by atoms with Crippen LogP contribution >= 0.6 is 0 Å². The van der Waals surface area contributed by atoms with Gasteiger partial charge in [0.1, 0.15) is 5.82 Å². The normalized spacial score (nSPS) is 12.9. The molecule has 3 nitrogen and oxygen atoms in total. The first-order valence-electron chi connectivity index (χ1n) is 18.0. The molecule has 2 aromatic heterocycles. The zero-order valence-corrected chi connectivity index (χ0v) is 25.2. The molecule has 9 aromatic rings. The van der Waals surface area contributed by atoms with Crippen LogP contribution in [-0.2, 0) is 0 Å². The molecule has 47 heavy (non-hydrogen) atoms. The maximum Gasteiger partial charge on any atom is 0.145 e. The van der Waals surface area contributed by atoms with Crippen LogP contribution < -0.4 is 0 Å². The lowest BCUT2D eigenvalue weighted by Crippen LogP contribution is -1.98. The Balaban J connectivity index is 1.24. The van der Waals surface area contributed by atoms with E-state index in [-0.39, 0.29) is 17.6 Å². The number of pyridine rings is 1. The lowest BCUT2D eigenvalue weighted by atomic mass is 9.85. The number of rotatable bonds is 5. The van der Waals surface area contributed by atoms with Gasteiger partial charge in [-0.15, -0.1) is 0 Å². The number of para-hydroxylation sites is 2. The van der Waals surface area contributed by atoms with E-state index in [1.54, 1.807) is 0 Å². The summed E-state index contributed by atoms with van der Waals surface area (Å²) in [5, 5.41) is 4.56. The van der Waals surface area contributed by atoms with Crippen LogP contribution in [0.5, 0.6) is 0 Å². The lowest BCUT2D eigenvalue weighted by Gasteiger charge is -2.18. The summed E-state index contributed by atoms with van der Waals surface area (Å²) in [4.78, 5) is 9.01. The van der Waals surface area contributed by atoms with Crippen molar-refractivity contribution < 1.29 is 6.85 Å². The van der Waals surface area contributed by atoms with Crippen LogP contribution in [0, 0.1) is 0 Å². The third-order valence-corrected chi connectivity index (χ3v) is 8.79. The molecule has 0 saturated heterocycles. The molecule has 0 N–H and O–H groups in total. The SMILES string of the molecule is [2H]c1c([2H])c([2H])c(-c2nc3ccccc3n2-c2ccc(-c3c4ccccc4c(-c4cccc(-c5ccncc5)c4)c4ccccc34)cc2)c([2H])c1[2H]. The predicted molar refractivity (Wildman–Crippen MR) is 196 cm³/mol. The molecule has 0 aliphatic rings. The second kappa shape index (κ2) is 11.2. The summed E-state index contributed by atoms with van der Waals surface area (Å²) in [6.45, 7) is 0. The Morgan fingerprint density at radius 3 is 1.74 bits per heavy atom. The van der Waals surface area contributed by atoms with Crippen molar-refractivity contribution in [3.63, 3.8) is 0 Å². The number of benzene rings is 7. The van der Waals surface area contributed by atoms with Gasteiger partial charge in [-0.3, -0.25) is 9.55 Å². The highest BCUT2D eigenvalue weighted by Gasteiger charge is 2.18. The van der Waals surface area contributed by atoms with Gasteiger partial charge in [-0.05, 0) is 97.4 Å². The van der Waals surface area contributed by atoms with Gasteiger partial charge < -0.3 is 0 Å². The summed E-state index contributed by atoms with van der Waals surface area (Å²) in [5.74, 6) is 0.292. The quantitative estimate of drug-likeness (QED) is 0.183. The topological polar surface area (TPSA) is 30.7 Å². The summed E-state index contributed by atoms with van der Waals surface area (Å²) in [7, 11) is 0. The average molecular weight is 605 g/mol. The van der Waals surface area contributed by atoms with Gasteiger partial charge in [0.05, 0.1) is 17.9 Å². The fourth-order valence-electron chi connectivity index (χ4n) is 6.74. The van der Waals surface area contributed by atoms with Gasteiger partial charge in [-0.25, -0.2) is 4.98 Å². The molecule has 2 heterocycles. The first-order valence-corrected chi connectivity index (χ1v) is 15.5. The lowest BCUT2D eigenvalue weighted by molar-refractivity contribution is 1.10. The minimum Gasteiger partial charge on any atom is -0.292 e. The van der Waals surface area contributed by atoms with Crippen molar-refractivity contribution in [2.24, 2.45) is 0 Å². The van der Waals surface area contributed by atoms with Crippen LogP contribution in [0.3, 0.4) is 0 Å². The molecule has 0 atom stereocenters. The van der Waals surface area contributed by atoms with E-state index < -0.39 is 18.1 Å². The van der Waals surface area contributed by atoms with Gasteiger partial charge in [0.2, 0.25) is 0 Å². The molecule has 0 amide bonds. The van der Waals surface area contributed by atoms with Crippen molar-refractivity contribution in [2.75, 3.05) is 0 Å². The standard InChI is InChI=1S/C44H29N3/c1-2-11-32(12-3-1)44-46-40-19-8-9-20-41(40)47(44)35-23-21-31(22-24-35)42-36-15-4-6-17-38(36)43(39-18-7-5-16-37(39)42)34-14-10-13-33(29-34)30-25-27-45-28-26-30/h1-29H/i1D,2D,3D,11D,12D. The maximum absolute atomic E-state index is 8.71. The molecular weight excluding hydrogens is 571 g/mol. The van der Waals surface area contributed by atoms with Gasteiger partial charge >= 0.3 is 0 Å². The zero-order valence-electron chi connectivity index (χ0n) is 30.2. The van der Waals surface area contributed by atoms with E-state index in [1.807, 2.05) is 65.5 Å². The van der Waals surface area contributed by atoms with Crippen molar-refractivity contribution in [2.45, 2.75) is 0 Å². The van der Waals surface area contributed by atoms with Crippen molar-refractivity contribution >= 4 is 32.6 Å². The highest BCUT2D eigenvalue weighted by molar-refractivity contribution is 6.21. The highest BCUT2D eigenvalue weighted by atomic mass is 15.1. The molecule has 0 fully saturated rings. The maximum atomic E-state index is 8.71. The molecule has 0 saturated carbocycles. The fourth-order valence-corrected chi connectivity index (χ4v) is 6.74. The molecule has 0 aliphatic carbocycles. The Morgan fingerprint density at radius 2 is 1.06 bits per heavy atom. The molecule has 0 bridgehead atoms. The number of aromatic nitrogens is 3. The molecule has 0 spiro atoms. The fraction of sp³-hybridized carbons (Fsp3) is 0. The second-order valence-corrected chi connectivity index (χ2v) is 11.5. The summed E-state index contributed by atoms with van der Waals surface area (Å²) >= 11 is 0. The van der Waals surface area contributed by atoms with Gasteiger partial charge in [-0.1, -0.05) is 121 Å². The Morgan fingerprint density at radius 1 is 0.468 bits per heavy atom.